The van der Waals surface area contributed by atoms with Crippen LogP contribution in [0.5, 0.6) is 0 Å². The van der Waals surface area contributed by atoms with Gasteiger partial charge in [-0.15, -0.1) is 0 Å². The smallest absolute Gasteiger partial charge is 0.384 e. The molecule has 3 N–H and O–H groups in total. The normalized spacial score (nSPS) is 14.4. The number of nitrogen functional groups attached to an aromatic ring is 1. The fourth-order valence-corrected chi connectivity index (χ4v) is 3.46. The molecule has 144 valence electrons. The second-order valence-electron chi connectivity index (χ2n) is 6.49. The van der Waals surface area contributed by atoms with Crippen LogP contribution in [-0.2, 0) is 6.18 Å². The van der Waals surface area contributed by atoms with Gasteiger partial charge in [-0.1, -0.05) is 6.07 Å². The molecule has 0 saturated carbocycles. The Hall–Kier alpha value is -3.46. The molecule has 3 rings (SSSR count). The van der Waals surface area contributed by atoms with E-state index in [0.29, 0.717) is 13.1 Å². The van der Waals surface area contributed by atoms with E-state index < -0.39 is 22.9 Å². The zero-order chi connectivity index (χ0) is 20.5. The lowest BCUT2D eigenvalue weighted by Crippen LogP contribution is -2.31. The van der Waals surface area contributed by atoms with Crippen LogP contribution in [0.25, 0.3) is 11.1 Å². The van der Waals surface area contributed by atoms with Crippen molar-refractivity contribution >= 4 is 11.5 Å². The highest BCUT2D eigenvalue weighted by Crippen LogP contribution is 2.41. The molecule has 0 unspecified atom stereocenters. The number of pyridine rings is 1. The van der Waals surface area contributed by atoms with Gasteiger partial charge in [-0.3, -0.25) is 4.79 Å². The predicted molar refractivity (Wildman–Crippen MR) is 97.4 cm³/mol. The molecule has 1 saturated heterocycles. The van der Waals surface area contributed by atoms with Gasteiger partial charge in [0.1, 0.15) is 29.1 Å². The van der Waals surface area contributed by atoms with E-state index in [1.165, 1.54) is 12.1 Å². The SMILES string of the molecule is N#Cc1c(N)[nH]c(=O)c(C#N)c1-c1ccc(N2CCCCC2)c(C(F)(F)F)c1. The van der Waals surface area contributed by atoms with E-state index in [4.69, 9.17) is 5.73 Å². The fourth-order valence-electron chi connectivity index (χ4n) is 3.46. The van der Waals surface area contributed by atoms with Crippen molar-refractivity contribution in [2.75, 3.05) is 23.7 Å². The second kappa shape index (κ2) is 7.28. The monoisotopic (exact) mass is 387 g/mol. The summed E-state index contributed by atoms with van der Waals surface area (Å²) in [7, 11) is 0. The molecule has 0 atom stereocenters. The van der Waals surface area contributed by atoms with Crippen LogP contribution in [-0.4, -0.2) is 18.1 Å². The van der Waals surface area contributed by atoms with E-state index >= 15 is 0 Å². The maximum atomic E-state index is 13.8. The van der Waals surface area contributed by atoms with Gasteiger partial charge >= 0.3 is 6.18 Å². The highest BCUT2D eigenvalue weighted by Gasteiger charge is 2.36. The number of aromatic nitrogens is 1. The number of aromatic amines is 1. The molecule has 0 aliphatic carbocycles. The number of nitrogens with one attached hydrogen (secondary N) is 1. The number of piperidine rings is 1. The third kappa shape index (κ3) is 3.39. The highest BCUT2D eigenvalue weighted by molar-refractivity contribution is 5.81. The summed E-state index contributed by atoms with van der Waals surface area (Å²) < 4.78 is 41.3. The van der Waals surface area contributed by atoms with Crippen LogP contribution in [0.3, 0.4) is 0 Å². The molecular weight excluding hydrogens is 371 g/mol. The standard InChI is InChI=1S/C19H16F3N5O/c20-19(21,22)14-8-11(4-5-15(14)27-6-2-1-3-7-27)16-12(9-23)17(25)26-18(28)13(16)10-24/h4-5,8H,1-3,6-7H2,(H3,25,26,28). The zero-order valence-electron chi connectivity index (χ0n) is 14.7. The Bertz CT molecular complexity index is 1050. The largest absolute Gasteiger partial charge is 0.418 e. The number of anilines is 2. The molecule has 2 heterocycles. The molecule has 0 radical (unpaired) electrons. The molecule has 1 aromatic carbocycles. The van der Waals surface area contributed by atoms with Crippen LogP contribution < -0.4 is 16.2 Å². The van der Waals surface area contributed by atoms with Gasteiger partial charge in [0.25, 0.3) is 5.56 Å². The average molecular weight is 387 g/mol. The first-order valence-electron chi connectivity index (χ1n) is 8.60. The summed E-state index contributed by atoms with van der Waals surface area (Å²) in [6, 6.07) is 7.00. The first kappa shape index (κ1) is 19.3. The Kier molecular flexibility index (Phi) is 5.02. The number of nitrogens with two attached hydrogens (primary N) is 1. The van der Waals surface area contributed by atoms with Crippen LogP contribution in [0.15, 0.2) is 23.0 Å². The van der Waals surface area contributed by atoms with Gasteiger partial charge in [-0.05, 0) is 37.0 Å². The van der Waals surface area contributed by atoms with E-state index in [0.717, 1.165) is 25.3 Å². The molecule has 0 amide bonds. The quantitative estimate of drug-likeness (QED) is 0.821. The van der Waals surface area contributed by atoms with E-state index in [2.05, 4.69) is 4.98 Å². The summed E-state index contributed by atoms with van der Waals surface area (Å²) in [5, 5.41) is 18.7. The summed E-state index contributed by atoms with van der Waals surface area (Å²) in [5.74, 6) is -0.296. The molecular formula is C19H16F3N5O. The van der Waals surface area contributed by atoms with Crippen LogP contribution in [0.4, 0.5) is 24.7 Å². The Labute approximate surface area is 158 Å². The van der Waals surface area contributed by atoms with Crippen LogP contribution in [0.1, 0.15) is 36.0 Å². The van der Waals surface area contributed by atoms with E-state index in [-0.39, 0.29) is 28.2 Å². The number of hydrogen-bond acceptors (Lipinski definition) is 5. The third-order valence-corrected chi connectivity index (χ3v) is 4.76. The Balaban J connectivity index is 2.27. The number of nitrogens with zero attached hydrogens (tertiary/aromatic N) is 3. The minimum absolute atomic E-state index is 0.0470. The predicted octanol–water partition coefficient (Wildman–Crippen LogP) is 3.38. The van der Waals surface area contributed by atoms with Crippen LogP contribution in [0, 0.1) is 22.7 Å². The number of hydrogen-bond donors (Lipinski definition) is 2. The van der Waals surface area contributed by atoms with Gasteiger partial charge in [-0.25, -0.2) is 0 Å². The fraction of sp³-hybridized carbons (Fsp3) is 0.316. The average Bonchev–Trinajstić information content (AvgIpc) is 2.67. The molecule has 1 aliphatic heterocycles. The van der Waals surface area contributed by atoms with Crippen molar-refractivity contribution in [2.24, 2.45) is 0 Å². The number of alkyl halides is 3. The lowest BCUT2D eigenvalue weighted by Gasteiger charge is -2.31. The van der Waals surface area contributed by atoms with Crippen LogP contribution >= 0.6 is 0 Å². The molecule has 1 aliphatic rings. The summed E-state index contributed by atoms with van der Waals surface area (Å²) in [5.41, 5.74) is 3.01. The zero-order valence-corrected chi connectivity index (χ0v) is 14.7. The molecule has 28 heavy (non-hydrogen) atoms. The lowest BCUT2D eigenvalue weighted by atomic mass is 9.94. The minimum atomic E-state index is -4.64. The van der Waals surface area contributed by atoms with Gasteiger partial charge in [0.05, 0.1) is 5.56 Å². The topological polar surface area (TPSA) is 110 Å². The van der Waals surface area contributed by atoms with Crippen molar-refractivity contribution in [3.05, 3.63) is 45.2 Å². The van der Waals surface area contributed by atoms with Crippen molar-refractivity contribution in [1.29, 1.82) is 10.5 Å². The Morgan fingerprint density at radius 2 is 1.71 bits per heavy atom. The second-order valence-corrected chi connectivity index (χ2v) is 6.49. The minimum Gasteiger partial charge on any atom is -0.384 e. The Morgan fingerprint density at radius 3 is 2.29 bits per heavy atom. The number of benzene rings is 1. The molecule has 6 nitrogen and oxygen atoms in total. The van der Waals surface area contributed by atoms with Crippen molar-refractivity contribution < 1.29 is 13.2 Å². The summed E-state index contributed by atoms with van der Waals surface area (Å²) in [6.45, 7) is 1.04. The van der Waals surface area contributed by atoms with Crippen molar-refractivity contribution in [2.45, 2.75) is 25.4 Å². The van der Waals surface area contributed by atoms with E-state index in [1.54, 1.807) is 17.0 Å². The van der Waals surface area contributed by atoms with E-state index in [1.807, 2.05) is 0 Å². The lowest BCUT2D eigenvalue weighted by molar-refractivity contribution is -0.137. The molecule has 1 fully saturated rings. The Morgan fingerprint density at radius 1 is 1.07 bits per heavy atom. The highest BCUT2D eigenvalue weighted by atomic mass is 19.4. The van der Waals surface area contributed by atoms with Gasteiger partial charge in [0.2, 0.25) is 0 Å². The number of H-pyrrole nitrogens is 1. The first-order chi connectivity index (χ1) is 13.3. The van der Waals surface area contributed by atoms with Crippen LogP contribution in [0.2, 0.25) is 0 Å². The van der Waals surface area contributed by atoms with Crippen molar-refractivity contribution in [3.8, 4) is 23.3 Å². The van der Waals surface area contributed by atoms with Crippen molar-refractivity contribution in [3.63, 3.8) is 0 Å². The summed E-state index contributed by atoms with van der Waals surface area (Å²) in [6.07, 6.45) is -2.06. The third-order valence-electron chi connectivity index (χ3n) is 4.76. The van der Waals surface area contributed by atoms with Crippen molar-refractivity contribution in [1.82, 2.24) is 4.98 Å². The maximum Gasteiger partial charge on any atom is 0.418 e. The summed E-state index contributed by atoms with van der Waals surface area (Å²) in [4.78, 5) is 15.9. The molecule has 2 aromatic rings. The van der Waals surface area contributed by atoms with Gasteiger partial charge in [-0.2, -0.15) is 23.7 Å². The molecule has 0 bridgehead atoms. The van der Waals surface area contributed by atoms with E-state index in [9.17, 15) is 28.5 Å². The summed E-state index contributed by atoms with van der Waals surface area (Å²) >= 11 is 0. The maximum absolute atomic E-state index is 13.8. The molecule has 1 aromatic heterocycles. The number of nitriles is 2. The number of halogens is 3. The molecule has 9 heteroatoms. The van der Waals surface area contributed by atoms with Gasteiger partial charge < -0.3 is 15.6 Å². The number of rotatable bonds is 2. The van der Waals surface area contributed by atoms with Gasteiger partial charge in [0, 0.05) is 24.3 Å². The first-order valence-corrected chi connectivity index (χ1v) is 8.60. The van der Waals surface area contributed by atoms with Gasteiger partial charge in [0.15, 0.2) is 0 Å². The molecule has 0 spiro atoms.